The van der Waals surface area contributed by atoms with Crippen molar-refractivity contribution in [3.8, 4) is 0 Å². The molecule has 0 spiro atoms. The fourth-order valence-corrected chi connectivity index (χ4v) is 1.52. The van der Waals surface area contributed by atoms with Crippen molar-refractivity contribution in [3.63, 3.8) is 0 Å². The number of hydrogen-bond acceptors (Lipinski definition) is 3. The van der Waals surface area contributed by atoms with Crippen LogP contribution >= 0.6 is 11.8 Å². The van der Waals surface area contributed by atoms with Gasteiger partial charge in [0.2, 0.25) is 5.91 Å². The maximum Gasteiger partial charge on any atom is 0.240 e. The average Bonchev–Trinajstić information content (AvgIpc) is 2.84. The molecule has 3 N–H and O–H groups in total. The predicted octanol–water partition coefficient (Wildman–Crippen LogP) is 0.513. The molecular formula is C9H16N2OS. The van der Waals surface area contributed by atoms with Gasteiger partial charge in [0.1, 0.15) is 0 Å². The highest BCUT2D eigenvalue weighted by Gasteiger charge is 2.45. The second-order valence-corrected chi connectivity index (χ2v) is 4.43. The maximum atomic E-state index is 11.3. The van der Waals surface area contributed by atoms with Gasteiger partial charge < -0.3 is 11.1 Å². The molecule has 3 nitrogen and oxygen atoms in total. The highest BCUT2D eigenvalue weighted by atomic mass is 32.2. The van der Waals surface area contributed by atoms with Crippen molar-refractivity contribution in [3.05, 3.63) is 12.7 Å². The first-order valence-corrected chi connectivity index (χ1v) is 5.60. The monoisotopic (exact) mass is 200 g/mol. The number of nitrogens with two attached hydrogens (primary N) is 1. The second kappa shape index (κ2) is 4.67. The van der Waals surface area contributed by atoms with Gasteiger partial charge in [-0.3, -0.25) is 4.79 Å². The van der Waals surface area contributed by atoms with Crippen LogP contribution in [0.4, 0.5) is 0 Å². The summed E-state index contributed by atoms with van der Waals surface area (Å²) in [5.74, 6) is 1.86. The summed E-state index contributed by atoms with van der Waals surface area (Å²) in [6.07, 6.45) is 3.52. The summed E-state index contributed by atoms with van der Waals surface area (Å²) in [4.78, 5) is 11.3. The van der Waals surface area contributed by atoms with Crippen molar-refractivity contribution in [2.45, 2.75) is 18.4 Å². The Hall–Kier alpha value is -0.480. The van der Waals surface area contributed by atoms with Gasteiger partial charge in [-0.1, -0.05) is 6.08 Å². The number of hydrogen-bond donors (Lipinski definition) is 2. The van der Waals surface area contributed by atoms with Gasteiger partial charge >= 0.3 is 0 Å². The third-order valence-electron chi connectivity index (χ3n) is 2.01. The van der Waals surface area contributed by atoms with Crippen molar-refractivity contribution >= 4 is 17.7 Å². The Morgan fingerprint density at radius 1 is 1.69 bits per heavy atom. The quantitative estimate of drug-likeness (QED) is 0.485. The van der Waals surface area contributed by atoms with E-state index in [1.54, 1.807) is 11.8 Å². The molecule has 1 rings (SSSR count). The van der Waals surface area contributed by atoms with E-state index in [1.807, 2.05) is 6.08 Å². The van der Waals surface area contributed by atoms with Gasteiger partial charge in [-0.25, -0.2) is 0 Å². The number of carbonyl (C=O) groups excluding carboxylic acids is 1. The Bertz CT molecular complexity index is 202. The highest BCUT2D eigenvalue weighted by molar-refractivity contribution is 7.99. The molecule has 0 unspecified atom stereocenters. The van der Waals surface area contributed by atoms with Gasteiger partial charge in [-0.05, 0) is 12.8 Å². The maximum absolute atomic E-state index is 11.3. The molecule has 13 heavy (non-hydrogen) atoms. The lowest BCUT2D eigenvalue weighted by molar-refractivity contribution is -0.123. The van der Waals surface area contributed by atoms with Crippen LogP contribution in [0.1, 0.15) is 12.8 Å². The second-order valence-electron chi connectivity index (χ2n) is 3.28. The van der Waals surface area contributed by atoms with Crippen LogP contribution in [-0.4, -0.2) is 29.5 Å². The molecule has 0 aliphatic heterocycles. The fourth-order valence-electron chi connectivity index (χ4n) is 0.941. The van der Waals surface area contributed by atoms with E-state index in [9.17, 15) is 4.79 Å². The molecule has 1 saturated carbocycles. The van der Waals surface area contributed by atoms with Gasteiger partial charge in [0.25, 0.3) is 0 Å². The first-order chi connectivity index (χ1) is 6.19. The number of rotatable bonds is 6. The zero-order valence-electron chi connectivity index (χ0n) is 7.71. The molecule has 0 atom stereocenters. The largest absolute Gasteiger partial charge is 0.354 e. The van der Waals surface area contributed by atoms with Crippen molar-refractivity contribution in [1.82, 2.24) is 5.32 Å². The van der Waals surface area contributed by atoms with E-state index in [-0.39, 0.29) is 5.91 Å². The smallest absolute Gasteiger partial charge is 0.240 e. The molecule has 1 amide bonds. The first kappa shape index (κ1) is 10.6. The normalized spacial score (nSPS) is 17.9. The fraction of sp³-hybridized carbons (Fsp3) is 0.667. The zero-order chi connectivity index (χ0) is 9.73. The van der Waals surface area contributed by atoms with Crippen molar-refractivity contribution in [1.29, 1.82) is 0 Å². The first-order valence-electron chi connectivity index (χ1n) is 4.45. The lowest BCUT2D eigenvalue weighted by atomic mass is 10.3. The van der Waals surface area contributed by atoms with Crippen LogP contribution in [0.15, 0.2) is 12.7 Å². The van der Waals surface area contributed by atoms with E-state index in [1.165, 1.54) is 0 Å². The van der Waals surface area contributed by atoms with E-state index >= 15 is 0 Å². The molecular weight excluding hydrogens is 184 g/mol. The van der Waals surface area contributed by atoms with Crippen LogP contribution < -0.4 is 11.1 Å². The molecule has 74 valence electrons. The van der Waals surface area contributed by atoms with E-state index in [0.717, 1.165) is 24.3 Å². The SMILES string of the molecule is C=CCSCCNC(=O)C1(N)CC1. The van der Waals surface area contributed by atoms with Crippen LogP contribution in [-0.2, 0) is 4.79 Å². The molecule has 0 saturated heterocycles. The predicted molar refractivity (Wildman–Crippen MR) is 56.7 cm³/mol. The summed E-state index contributed by atoms with van der Waals surface area (Å²) in [5.41, 5.74) is 5.17. The Morgan fingerprint density at radius 3 is 2.92 bits per heavy atom. The summed E-state index contributed by atoms with van der Waals surface area (Å²) >= 11 is 1.75. The lowest BCUT2D eigenvalue weighted by Crippen LogP contribution is -2.43. The van der Waals surface area contributed by atoms with Gasteiger partial charge in [0.15, 0.2) is 0 Å². The molecule has 0 aromatic carbocycles. The third kappa shape index (κ3) is 3.40. The number of thioether (sulfide) groups is 1. The van der Waals surface area contributed by atoms with Crippen molar-refractivity contribution in [2.75, 3.05) is 18.1 Å². The molecule has 0 heterocycles. The molecule has 4 heteroatoms. The van der Waals surface area contributed by atoms with Crippen LogP contribution in [0.2, 0.25) is 0 Å². The van der Waals surface area contributed by atoms with E-state index in [4.69, 9.17) is 5.73 Å². The number of nitrogens with one attached hydrogen (secondary N) is 1. The Balaban J connectivity index is 1.99. The van der Waals surface area contributed by atoms with Crippen molar-refractivity contribution < 1.29 is 4.79 Å². The Labute approximate surface area is 83.1 Å². The van der Waals surface area contributed by atoms with Crippen molar-refractivity contribution in [2.24, 2.45) is 5.73 Å². The Morgan fingerprint density at radius 2 is 2.38 bits per heavy atom. The summed E-state index contributed by atoms with van der Waals surface area (Å²) in [6.45, 7) is 4.32. The summed E-state index contributed by atoms with van der Waals surface area (Å²) in [7, 11) is 0. The molecule has 0 bridgehead atoms. The van der Waals surface area contributed by atoms with Crippen LogP contribution in [0, 0.1) is 0 Å². The molecule has 0 aromatic rings. The standard InChI is InChI=1S/C9H16N2OS/c1-2-6-13-7-5-11-8(12)9(10)3-4-9/h2H,1,3-7,10H2,(H,11,12). The Kier molecular flexibility index (Phi) is 3.81. The minimum atomic E-state index is -0.525. The van der Waals surface area contributed by atoms with Gasteiger partial charge in [-0.15, -0.1) is 6.58 Å². The summed E-state index contributed by atoms with van der Waals surface area (Å²) in [6, 6.07) is 0. The molecule has 1 fully saturated rings. The number of carbonyl (C=O) groups is 1. The minimum absolute atomic E-state index is 0.00621. The highest BCUT2D eigenvalue weighted by Crippen LogP contribution is 2.31. The van der Waals surface area contributed by atoms with Gasteiger partial charge in [0.05, 0.1) is 5.54 Å². The van der Waals surface area contributed by atoms with E-state index in [0.29, 0.717) is 6.54 Å². The van der Waals surface area contributed by atoms with Gasteiger partial charge in [0, 0.05) is 18.1 Å². The van der Waals surface area contributed by atoms with Gasteiger partial charge in [-0.2, -0.15) is 11.8 Å². The third-order valence-corrected chi connectivity index (χ3v) is 2.97. The van der Waals surface area contributed by atoms with Crippen LogP contribution in [0.5, 0.6) is 0 Å². The minimum Gasteiger partial charge on any atom is -0.354 e. The van der Waals surface area contributed by atoms with E-state index in [2.05, 4.69) is 11.9 Å². The topological polar surface area (TPSA) is 55.1 Å². The molecule has 1 aliphatic rings. The summed E-state index contributed by atoms with van der Waals surface area (Å²) in [5, 5.41) is 2.82. The number of amides is 1. The average molecular weight is 200 g/mol. The van der Waals surface area contributed by atoms with E-state index < -0.39 is 5.54 Å². The zero-order valence-corrected chi connectivity index (χ0v) is 8.53. The molecule has 1 aliphatic carbocycles. The van der Waals surface area contributed by atoms with Crippen LogP contribution in [0.3, 0.4) is 0 Å². The summed E-state index contributed by atoms with van der Waals surface area (Å²) < 4.78 is 0. The molecule has 0 radical (unpaired) electrons. The van der Waals surface area contributed by atoms with Crippen LogP contribution in [0.25, 0.3) is 0 Å². The molecule has 0 aromatic heterocycles. The lowest BCUT2D eigenvalue weighted by Gasteiger charge is -2.08.